The Morgan fingerprint density at radius 3 is 2.33 bits per heavy atom. The Morgan fingerprint density at radius 1 is 1.00 bits per heavy atom. The monoisotopic (exact) mass is 414 g/mol. The zero-order chi connectivity index (χ0) is 20.9. The van der Waals surface area contributed by atoms with E-state index < -0.39 is 0 Å². The molecule has 0 aromatic heterocycles. The molecule has 4 rings (SSSR count). The van der Waals surface area contributed by atoms with Gasteiger partial charge >= 0.3 is 6.03 Å². The number of hydrogen-bond acceptors (Lipinski definition) is 3. The van der Waals surface area contributed by atoms with Crippen molar-refractivity contribution in [1.82, 2.24) is 20.0 Å². The van der Waals surface area contributed by atoms with Crippen LogP contribution < -0.4 is 5.32 Å². The quantitative estimate of drug-likeness (QED) is 0.796. The Morgan fingerprint density at radius 2 is 1.70 bits per heavy atom. The number of likely N-dealkylation sites (N-methyl/N-ethyl adjacent to an activating group) is 1. The average molecular weight is 415 g/mol. The molecule has 0 radical (unpaired) electrons. The van der Waals surface area contributed by atoms with E-state index in [4.69, 9.17) is 0 Å². The molecule has 1 saturated carbocycles. The predicted octanol–water partition coefficient (Wildman–Crippen LogP) is 3.84. The third-order valence-electron chi connectivity index (χ3n) is 7.73. The molecule has 30 heavy (non-hydrogen) atoms. The van der Waals surface area contributed by atoms with Crippen LogP contribution in [0.15, 0.2) is 30.3 Å². The summed E-state index contributed by atoms with van der Waals surface area (Å²) < 4.78 is 0. The second-order valence-electron chi connectivity index (χ2n) is 9.98. The SMILES string of the molecule is CN(C)C1CCN(C2CCC(NC(=O)N3CCC(Cc4ccccc4)CC3)CC2)C1.[HH]. The van der Waals surface area contributed by atoms with E-state index in [1.165, 1.54) is 37.9 Å². The maximum atomic E-state index is 12.8. The van der Waals surface area contributed by atoms with Crippen LogP contribution in [0.5, 0.6) is 0 Å². The molecule has 1 aromatic rings. The van der Waals surface area contributed by atoms with Gasteiger partial charge in [0.05, 0.1) is 0 Å². The first-order valence-electron chi connectivity index (χ1n) is 12.1. The van der Waals surface area contributed by atoms with Crippen molar-refractivity contribution >= 4 is 6.03 Å². The fourth-order valence-corrected chi connectivity index (χ4v) is 5.66. The van der Waals surface area contributed by atoms with Crippen molar-refractivity contribution < 1.29 is 6.22 Å². The van der Waals surface area contributed by atoms with Gasteiger partial charge in [-0.15, -0.1) is 0 Å². The number of carbonyl (C=O) groups excluding carboxylic acids is 1. The molecule has 2 heterocycles. The molecule has 0 bridgehead atoms. The first-order valence-corrected chi connectivity index (χ1v) is 12.1. The van der Waals surface area contributed by atoms with Gasteiger partial charge in [0.15, 0.2) is 0 Å². The van der Waals surface area contributed by atoms with E-state index >= 15 is 0 Å². The molecule has 1 unspecified atom stereocenters. The van der Waals surface area contributed by atoms with E-state index in [1.54, 1.807) is 0 Å². The molecule has 1 aliphatic carbocycles. The summed E-state index contributed by atoms with van der Waals surface area (Å²) in [5.41, 5.74) is 1.42. The molecule has 5 nitrogen and oxygen atoms in total. The standard InChI is InChI=1S/C25H40N4O.H2/c1-27(2)24-14-17-29(19-24)23-10-8-22(9-11-23)26-25(30)28-15-12-21(13-16-28)18-20-6-4-3-5-7-20;/h3-7,21-24H,8-19H2,1-2H3,(H,26,30);1H. The van der Waals surface area contributed by atoms with Crippen LogP contribution >= 0.6 is 0 Å². The van der Waals surface area contributed by atoms with Crippen LogP contribution in [-0.4, -0.2) is 79.1 Å². The summed E-state index contributed by atoms with van der Waals surface area (Å²) in [4.78, 5) is 19.9. The van der Waals surface area contributed by atoms with E-state index in [0.717, 1.165) is 51.2 Å². The highest BCUT2D eigenvalue weighted by Crippen LogP contribution is 2.28. The lowest BCUT2D eigenvalue weighted by molar-refractivity contribution is 0.146. The number of rotatable bonds is 5. The van der Waals surface area contributed by atoms with Crippen molar-refractivity contribution in [2.75, 3.05) is 40.3 Å². The van der Waals surface area contributed by atoms with Crippen LogP contribution in [0.1, 0.15) is 51.9 Å². The van der Waals surface area contributed by atoms with Crippen LogP contribution in [0.25, 0.3) is 0 Å². The van der Waals surface area contributed by atoms with Gasteiger partial charge in [-0.05, 0) is 76.9 Å². The molecule has 1 aromatic carbocycles. The van der Waals surface area contributed by atoms with Crippen LogP contribution in [0.2, 0.25) is 0 Å². The molecular weight excluding hydrogens is 372 g/mol. The number of likely N-dealkylation sites (tertiary alicyclic amines) is 2. The van der Waals surface area contributed by atoms with Gasteiger partial charge in [0.25, 0.3) is 0 Å². The molecule has 5 heteroatoms. The number of piperidine rings is 1. The normalized spacial score (nSPS) is 28.8. The zero-order valence-electron chi connectivity index (χ0n) is 18.9. The fraction of sp³-hybridized carbons (Fsp3) is 0.720. The summed E-state index contributed by atoms with van der Waals surface area (Å²) in [6.07, 6.45) is 9.39. The molecule has 3 aliphatic rings. The molecule has 2 aliphatic heterocycles. The molecule has 2 saturated heterocycles. The van der Waals surface area contributed by atoms with E-state index in [1.807, 2.05) is 0 Å². The fourth-order valence-electron chi connectivity index (χ4n) is 5.66. The zero-order valence-corrected chi connectivity index (χ0v) is 18.9. The Labute approximate surface area is 184 Å². The highest BCUT2D eigenvalue weighted by atomic mass is 16.2. The minimum absolute atomic E-state index is 0. The molecule has 2 amide bonds. The summed E-state index contributed by atoms with van der Waals surface area (Å²) >= 11 is 0. The number of carbonyl (C=O) groups is 1. The van der Waals surface area contributed by atoms with Gasteiger partial charge in [0.1, 0.15) is 0 Å². The van der Waals surface area contributed by atoms with E-state index in [9.17, 15) is 4.79 Å². The minimum Gasteiger partial charge on any atom is -0.335 e. The summed E-state index contributed by atoms with van der Waals surface area (Å²) in [5, 5.41) is 3.35. The Balaban J connectivity index is 0.00000272. The first-order chi connectivity index (χ1) is 14.6. The van der Waals surface area contributed by atoms with E-state index in [0.29, 0.717) is 18.0 Å². The number of amides is 2. The third kappa shape index (κ3) is 5.55. The Bertz CT molecular complexity index is 669. The molecule has 1 atom stereocenters. The van der Waals surface area contributed by atoms with E-state index in [2.05, 4.69) is 64.4 Å². The smallest absolute Gasteiger partial charge is 0.317 e. The second-order valence-corrected chi connectivity index (χ2v) is 9.98. The topological polar surface area (TPSA) is 38.8 Å². The van der Waals surface area contributed by atoms with Crippen LogP contribution in [0.4, 0.5) is 4.79 Å². The molecule has 3 fully saturated rings. The third-order valence-corrected chi connectivity index (χ3v) is 7.73. The summed E-state index contributed by atoms with van der Waals surface area (Å²) in [6.45, 7) is 4.26. The summed E-state index contributed by atoms with van der Waals surface area (Å²) in [5.74, 6) is 0.707. The van der Waals surface area contributed by atoms with Gasteiger partial charge in [-0.3, -0.25) is 4.90 Å². The number of urea groups is 1. The predicted molar refractivity (Wildman–Crippen MR) is 125 cm³/mol. The van der Waals surface area contributed by atoms with Crippen molar-refractivity contribution in [1.29, 1.82) is 0 Å². The second kappa shape index (κ2) is 10.1. The summed E-state index contributed by atoms with van der Waals surface area (Å²) in [7, 11) is 4.40. The lowest BCUT2D eigenvalue weighted by Gasteiger charge is -2.37. The van der Waals surface area contributed by atoms with Crippen molar-refractivity contribution in [2.45, 2.75) is 69.5 Å². The van der Waals surface area contributed by atoms with Crippen LogP contribution in [-0.2, 0) is 6.42 Å². The maximum absolute atomic E-state index is 12.8. The largest absolute Gasteiger partial charge is 0.335 e. The summed E-state index contributed by atoms with van der Waals surface area (Å²) in [6, 6.07) is 12.7. The van der Waals surface area contributed by atoms with Gasteiger partial charge in [0, 0.05) is 45.7 Å². The maximum Gasteiger partial charge on any atom is 0.317 e. The van der Waals surface area contributed by atoms with E-state index in [-0.39, 0.29) is 7.46 Å². The number of benzene rings is 1. The number of nitrogens with one attached hydrogen (secondary N) is 1. The molecule has 1 N–H and O–H groups in total. The number of hydrogen-bond donors (Lipinski definition) is 1. The highest BCUT2D eigenvalue weighted by molar-refractivity contribution is 5.74. The minimum atomic E-state index is 0. The average Bonchev–Trinajstić information content (AvgIpc) is 3.26. The highest BCUT2D eigenvalue weighted by Gasteiger charge is 2.33. The van der Waals surface area contributed by atoms with Crippen molar-refractivity contribution in [2.24, 2.45) is 5.92 Å². The van der Waals surface area contributed by atoms with Crippen molar-refractivity contribution in [3.63, 3.8) is 0 Å². The van der Waals surface area contributed by atoms with Crippen LogP contribution in [0, 0.1) is 5.92 Å². The van der Waals surface area contributed by atoms with Crippen molar-refractivity contribution in [3.05, 3.63) is 35.9 Å². The van der Waals surface area contributed by atoms with Gasteiger partial charge < -0.3 is 15.1 Å². The lowest BCUT2D eigenvalue weighted by Crippen LogP contribution is -2.50. The van der Waals surface area contributed by atoms with Gasteiger partial charge in [-0.1, -0.05) is 30.3 Å². The first kappa shape index (κ1) is 21.6. The lowest BCUT2D eigenvalue weighted by atomic mass is 9.89. The Hall–Kier alpha value is -1.59. The Kier molecular flexibility index (Phi) is 7.32. The van der Waals surface area contributed by atoms with Gasteiger partial charge in [-0.2, -0.15) is 0 Å². The van der Waals surface area contributed by atoms with Gasteiger partial charge in [-0.25, -0.2) is 4.79 Å². The van der Waals surface area contributed by atoms with Gasteiger partial charge in [0.2, 0.25) is 0 Å². The molecular formula is C25H42N4O. The molecule has 168 valence electrons. The number of nitrogens with zero attached hydrogens (tertiary/aromatic N) is 3. The van der Waals surface area contributed by atoms with Crippen molar-refractivity contribution in [3.8, 4) is 0 Å². The van der Waals surface area contributed by atoms with Crippen LogP contribution in [0.3, 0.4) is 0 Å². The molecule has 0 spiro atoms.